The Hall–Kier alpha value is -2.21. The van der Waals surface area contributed by atoms with Gasteiger partial charge in [0.15, 0.2) is 0 Å². The maximum absolute atomic E-state index is 13.8. The first-order chi connectivity index (χ1) is 11.9. The van der Waals surface area contributed by atoms with Gasteiger partial charge in [0.2, 0.25) is 0 Å². The van der Waals surface area contributed by atoms with Crippen molar-refractivity contribution in [3.05, 3.63) is 35.8 Å². The lowest BCUT2D eigenvalue weighted by molar-refractivity contribution is -0.158. The minimum Gasteiger partial charge on any atom is -0.481 e. The van der Waals surface area contributed by atoms with Gasteiger partial charge in [-0.25, -0.2) is 4.39 Å². The van der Waals surface area contributed by atoms with Crippen LogP contribution in [0.1, 0.15) is 31.9 Å². The molecule has 1 aliphatic rings. The van der Waals surface area contributed by atoms with Gasteiger partial charge < -0.3 is 15.1 Å². The zero-order valence-corrected chi connectivity index (χ0v) is 14.5. The fraction of sp³-hybridized carbons (Fsp3) is 0.474. The predicted octanol–water partition coefficient (Wildman–Crippen LogP) is 3.12. The Labute approximate surface area is 146 Å². The molecule has 134 valence electrons. The van der Waals surface area contributed by atoms with E-state index in [0.717, 1.165) is 11.4 Å². The molecule has 0 saturated carbocycles. The number of rotatable bonds is 4. The molecule has 0 unspecified atom stereocenters. The fourth-order valence-electron chi connectivity index (χ4n) is 3.86. The number of aromatic nitrogens is 1. The molecule has 0 spiro atoms. The van der Waals surface area contributed by atoms with E-state index in [9.17, 15) is 19.4 Å². The molecule has 1 fully saturated rings. The molecule has 2 atom stereocenters. The molecule has 1 aliphatic heterocycles. The van der Waals surface area contributed by atoms with Crippen LogP contribution in [0, 0.1) is 18.2 Å². The second kappa shape index (κ2) is 6.59. The molecule has 0 radical (unpaired) electrons. The van der Waals surface area contributed by atoms with Crippen molar-refractivity contribution in [1.29, 1.82) is 0 Å². The molecule has 6 heteroatoms. The lowest BCUT2D eigenvalue weighted by atomic mass is 9.73. The minimum absolute atomic E-state index is 0.201. The van der Waals surface area contributed by atoms with E-state index in [4.69, 9.17) is 0 Å². The number of carbonyl (C=O) groups is 1. The highest BCUT2D eigenvalue weighted by molar-refractivity contribution is 5.92. The van der Waals surface area contributed by atoms with Gasteiger partial charge in [-0.2, -0.15) is 0 Å². The Morgan fingerprint density at radius 3 is 2.88 bits per heavy atom. The number of anilines is 1. The number of aliphatic hydroxyl groups excluding tert-OH is 1. The summed E-state index contributed by atoms with van der Waals surface area (Å²) in [7, 11) is 0. The maximum atomic E-state index is 13.8. The molecule has 0 aliphatic carbocycles. The Kier molecular flexibility index (Phi) is 4.64. The number of fused-ring (bicyclic) bond motifs is 1. The van der Waals surface area contributed by atoms with Gasteiger partial charge in [-0.3, -0.25) is 9.78 Å². The van der Waals surface area contributed by atoms with Gasteiger partial charge in [0.25, 0.3) is 0 Å². The minimum atomic E-state index is -1.20. The SMILES string of the molecule is CCC[C@]1(C(=O)O)CN(c2cc(C)nc3ccc(F)cc23)CC[C@H]1O. The van der Waals surface area contributed by atoms with Crippen molar-refractivity contribution in [2.45, 2.75) is 39.2 Å². The molecular weight excluding hydrogens is 323 g/mol. The molecule has 2 heterocycles. The molecule has 0 bridgehead atoms. The smallest absolute Gasteiger partial charge is 0.314 e. The number of aliphatic carboxylic acids is 1. The number of halogens is 1. The molecular formula is C19H23FN2O3. The number of aliphatic hydroxyl groups is 1. The van der Waals surface area contributed by atoms with Crippen LogP contribution in [0.2, 0.25) is 0 Å². The number of pyridine rings is 1. The first kappa shape index (κ1) is 17.6. The van der Waals surface area contributed by atoms with Crippen LogP contribution in [-0.4, -0.2) is 40.4 Å². The summed E-state index contributed by atoms with van der Waals surface area (Å²) in [5.74, 6) is -1.33. The molecule has 2 N–H and O–H groups in total. The first-order valence-electron chi connectivity index (χ1n) is 8.60. The third kappa shape index (κ3) is 3.06. The summed E-state index contributed by atoms with van der Waals surface area (Å²) in [4.78, 5) is 18.4. The van der Waals surface area contributed by atoms with Gasteiger partial charge in [-0.15, -0.1) is 0 Å². The van der Waals surface area contributed by atoms with Gasteiger partial charge in [-0.1, -0.05) is 13.3 Å². The van der Waals surface area contributed by atoms with Crippen molar-refractivity contribution in [1.82, 2.24) is 4.98 Å². The lowest BCUT2D eigenvalue weighted by Crippen LogP contribution is -2.56. The van der Waals surface area contributed by atoms with Gasteiger partial charge >= 0.3 is 5.97 Å². The van der Waals surface area contributed by atoms with Crippen molar-refractivity contribution in [2.24, 2.45) is 5.41 Å². The number of piperidine rings is 1. The zero-order valence-electron chi connectivity index (χ0n) is 14.5. The lowest BCUT2D eigenvalue weighted by Gasteiger charge is -2.44. The van der Waals surface area contributed by atoms with Crippen molar-refractivity contribution >= 4 is 22.6 Å². The standard InChI is InChI=1S/C19H23FN2O3/c1-3-7-19(18(24)25)11-22(8-6-17(19)23)16-9-12(2)21-15-5-4-13(20)10-14(15)16/h4-5,9-10,17,23H,3,6-8,11H2,1-2H3,(H,24,25)/t17-,19+/m1/s1. The normalized spacial score (nSPS) is 23.8. The fourth-order valence-corrected chi connectivity index (χ4v) is 3.86. The van der Waals surface area contributed by atoms with Crippen molar-refractivity contribution < 1.29 is 19.4 Å². The van der Waals surface area contributed by atoms with Crippen LogP contribution in [0.15, 0.2) is 24.3 Å². The van der Waals surface area contributed by atoms with E-state index in [2.05, 4.69) is 4.98 Å². The highest BCUT2D eigenvalue weighted by atomic mass is 19.1. The summed E-state index contributed by atoms with van der Waals surface area (Å²) in [5.41, 5.74) is 1.04. The van der Waals surface area contributed by atoms with Crippen molar-refractivity contribution in [2.75, 3.05) is 18.0 Å². The van der Waals surface area contributed by atoms with Crippen molar-refractivity contribution in [3.63, 3.8) is 0 Å². The van der Waals surface area contributed by atoms with Crippen LogP contribution in [0.4, 0.5) is 10.1 Å². The van der Waals surface area contributed by atoms with Gasteiger partial charge in [0.1, 0.15) is 11.2 Å². The molecule has 1 aromatic carbocycles. The van der Waals surface area contributed by atoms with Crippen molar-refractivity contribution in [3.8, 4) is 0 Å². The highest BCUT2D eigenvalue weighted by Crippen LogP contribution is 2.39. The number of carboxylic acid groups (broad SMARTS) is 1. The van der Waals surface area contributed by atoms with E-state index in [1.807, 2.05) is 24.8 Å². The molecule has 2 aromatic rings. The maximum Gasteiger partial charge on any atom is 0.314 e. The molecule has 1 aromatic heterocycles. The summed E-state index contributed by atoms with van der Waals surface area (Å²) in [6.07, 6.45) is 0.551. The summed E-state index contributed by atoms with van der Waals surface area (Å²) >= 11 is 0. The van der Waals surface area contributed by atoms with E-state index in [1.54, 1.807) is 6.07 Å². The zero-order chi connectivity index (χ0) is 18.2. The molecule has 1 saturated heterocycles. The number of aryl methyl sites for hydroxylation is 1. The average molecular weight is 346 g/mol. The Morgan fingerprint density at radius 1 is 1.44 bits per heavy atom. The highest BCUT2D eigenvalue weighted by Gasteiger charge is 2.48. The van der Waals surface area contributed by atoms with E-state index in [1.165, 1.54) is 12.1 Å². The van der Waals surface area contributed by atoms with Crippen LogP contribution >= 0.6 is 0 Å². The number of nitrogens with zero attached hydrogens (tertiary/aromatic N) is 2. The van der Waals surface area contributed by atoms with E-state index in [0.29, 0.717) is 36.7 Å². The quantitative estimate of drug-likeness (QED) is 0.890. The summed E-state index contributed by atoms with van der Waals surface area (Å²) in [6, 6.07) is 6.30. The molecule has 3 rings (SSSR count). The van der Waals surface area contributed by atoms with Crippen LogP contribution in [0.3, 0.4) is 0 Å². The summed E-state index contributed by atoms with van der Waals surface area (Å²) in [5, 5.41) is 20.9. The monoisotopic (exact) mass is 346 g/mol. The number of benzene rings is 1. The van der Waals surface area contributed by atoms with Crippen LogP contribution < -0.4 is 4.90 Å². The second-order valence-electron chi connectivity index (χ2n) is 6.88. The summed E-state index contributed by atoms with van der Waals surface area (Å²) < 4.78 is 13.8. The Balaban J connectivity index is 2.09. The van der Waals surface area contributed by atoms with Crippen LogP contribution in [-0.2, 0) is 4.79 Å². The van der Waals surface area contributed by atoms with E-state index >= 15 is 0 Å². The second-order valence-corrected chi connectivity index (χ2v) is 6.88. The largest absolute Gasteiger partial charge is 0.481 e. The van der Waals surface area contributed by atoms with Crippen LogP contribution in [0.25, 0.3) is 10.9 Å². The number of hydrogen-bond donors (Lipinski definition) is 2. The topological polar surface area (TPSA) is 73.7 Å². The first-order valence-corrected chi connectivity index (χ1v) is 8.60. The van der Waals surface area contributed by atoms with E-state index in [-0.39, 0.29) is 12.4 Å². The Bertz CT molecular complexity index is 811. The van der Waals surface area contributed by atoms with Crippen LogP contribution in [0.5, 0.6) is 0 Å². The average Bonchev–Trinajstić information content (AvgIpc) is 2.56. The van der Waals surface area contributed by atoms with Gasteiger partial charge in [0.05, 0.1) is 11.6 Å². The molecule has 0 amide bonds. The number of hydrogen-bond acceptors (Lipinski definition) is 4. The van der Waals surface area contributed by atoms with Gasteiger partial charge in [-0.05, 0) is 44.0 Å². The molecule has 25 heavy (non-hydrogen) atoms. The Morgan fingerprint density at radius 2 is 2.20 bits per heavy atom. The third-order valence-electron chi connectivity index (χ3n) is 5.12. The summed E-state index contributed by atoms with van der Waals surface area (Å²) in [6.45, 7) is 4.50. The third-order valence-corrected chi connectivity index (χ3v) is 5.12. The van der Waals surface area contributed by atoms with Gasteiger partial charge in [0, 0.05) is 29.9 Å². The number of carboxylic acids is 1. The predicted molar refractivity (Wildman–Crippen MR) is 94.3 cm³/mol. The molecule has 5 nitrogen and oxygen atoms in total. The van der Waals surface area contributed by atoms with E-state index < -0.39 is 17.5 Å².